The molecule has 136 valence electrons. The van der Waals surface area contributed by atoms with Crippen molar-refractivity contribution in [2.45, 2.75) is 51.9 Å². The standard InChI is InChI=1S/C25H31N/c1-2-3-4-5-6-7-13-20-26(24-16-9-8-10-17-24)25-19-18-22-14-11-12-15-23(22)21-25/h8-12,14-19,21H,2-7,13,20H2,1H3. The van der Waals surface area contributed by atoms with E-state index in [4.69, 9.17) is 0 Å². The summed E-state index contributed by atoms with van der Waals surface area (Å²) in [5.41, 5.74) is 2.58. The lowest BCUT2D eigenvalue weighted by Gasteiger charge is -2.25. The third kappa shape index (κ3) is 5.11. The number of nitrogens with zero attached hydrogens (tertiary/aromatic N) is 1. The molecule has 1 nitrogen and oxygen atoms in total. The van der Waals surface area contributed by atoms with E-state index >= 15 is 0 Å². The average Bonchev–Trinajstić information content (AvgIpc) is 2.70. The van der Waals surface area contributed by atoms with Crippen LogP contribution >= 0.6 is 0 Å². The van der Waals surface area contributed by atoms with Crippen molar-refractivity contribution in [2.75, 3.05) is 11.4 Å². The molecule has 0 saturated heterocycles. The van der Waals surface area contributed by atoms with Gasteiger partial charge >= 0.3 is 0 Å². The Balaban J connectivity index is 1.69. The summed E-state index contributed by atoms with van der Waals surface area (Å²) in [7, 11) is 0. The Morgan fingerprint density at radius 1 is 0.577 bits per heavy atom. The molecular formula is C25H31N. The molecule has 3 rings (SSSR count). The first kappa shape index (κ1) is 18.5. The number of hydrogen-bond acceptors (Lipinski definition) is 1. The predicted octanol–water partition coefficient (Wildman–Crippen LogP) is 7.73. The quantitative estimate of drug-likeness (QED) is 0.340. The van der Waals surface area contributed by atoms with Crippen LogP contribution in [0.5, 0.6) is 0 Å². The maximum absolute atomic E-state index is 2.47. The number of para-hydroxylation sites is 1. The van der Waals surface area contributed by atoms with Gasteiger partial charge in [0.25, 0.3) is 0 Å². The van der Waals surface area contributed by atoms with Crippen LogP contribution in [0.3, 0.4) is 0 Å². The summed E-state index contributed by atoms with van der Waals surface area (Å²) in [6.07, 6.45) is 9.41. The highest BCUT2D eigenvalue weighted by Crippen LogP contribution is 2.29. The van der Waals surface area contributed by atoms with E-state index in [-0.39, 0.29) is 0 Å². The summed E-state index contributed by atoms with van der Waals surface area (Å²) in [4.78, 5) is 2.47. The fourth-order valence-electron chi connectivity index (χ4n) is 3.59. The summed E-state index contributed by atoms with van der Waals surface area (Å²) >= 11 is 0. The molecule has 0 aliphatic rings. The van der Waals surface area contributed by atoms with Crippen LogP contribution in [0.4, 0.5) is 11.4 Å². The first-order valence-electron chi connectivity index (χ1n) is 10.2. The summed E-state index contributed by atoms with van der Waals surface area (Å²) in [5, 5.41) is 2.62. The van der Waals surface area contributed by atoms with Gasteiger partial charge in [-0.2, -0.15) is 0 Å². The molecule has 0 aliphatic heterocycles. The highest BCUT2D eigenvalue weighted by atomic mass is 15.1. The van der Waals surface area contributed by atoms with Crippen molar-refractivity contribution in [3.05, 3.63) is 72.8 Å². The molecule has 0 amide bonds. The van der Waals surface area contributed by atoms with Gasteiger partial charge in [-0.25, -0.2) is 0 Å². The zero-order valence-electron chi connectivity index (χ0n) is 16.0. The van der Waals surface area contributed by atoms with Gasteiger partial charge < -0.3 is 4.90 Å². The molecule has 0 aromatic heterocycles. The van der Waals surface area contributed by atoms with Gasteiger partial charge in [0, 0.05) is 17.9 Å². The Bertz CT molecular complexity index is 778. The van der Waals surface area contributed by atoms with Crippen molar-refractivity contribution in [3.8, 4) is 0 Å². The van der Waals surface area contributed by atoms with Crippen LogP contribution in [-0.4, -0.2) is 6.54 Å². The number of rotatable bonds is 10. The minimum atomic E-state index is 1.08. The van der Waals surface area contributed by atoms with Crippen LogP contribution in [0.15, 0.2) is 72.8 Å². The first-order chi connectivity index (χ1) is 12.9. The highest BCUT2D eigenvalue weighted by Gasteiger charge is 2.09. The van der Waals surface area contributed by atoms with Gasteiger partial charge in [-0.3, -0.25) is 0 Å². The first-order valence-corrected chi connectivity index (χ1v) is 10.2. The summed E-state index contributed by atoms with van der Waals surface area (Å²) in [6.45, 7) is 3.36. The second-order valence-corrected chi connectivity index (χ2v) is 7.14. The van der Waals surface area contributed by atoms with E-state index in [9.17, 15) is 0 Å². The lowest BCUT2D eigenvalue weighted by molar-refractivity contribution is 0.591. The van der Waals surface area contributed by atoms with Gasteiger partial charge in [0.2, 0.25) is 0 Å². The van der Waals surface area contributed by atoms with Gasteiger partial charge in [-0.15, -0.1) is 0 Å². The van der Waals surface area contributed by atoms with Crippen LogP contribution in [0.2, 0.25) is 0 Å². The average molecular weight is 346 g/mol. The van der Waals surface area contributed by atoms with Gasteiger partial charge in [0.1, 0.15) is 0 Å². The molecule has 0 atom stereocenters. The lowest BCUT2D eigenvalue weighted by Crippen LogP contribution is -2.18. The maximum Gasteiger partial charge on any atom is 0.0417 e. The number of unbranched alkanes of at least 4 members (excludes halogenated alkanes) is 6. The molecule has 0 saturated carbocycles. The van der Waals surface area contributed by atoms with E-state index in [1.807, 2.05) is 0 Å². The molecule has 0 N–H and O–H groups in total. The zero-order chi connectivity index (χ0) is 18.0. The molecule has 3 aromatic carbocycles. The molecule has 0 spiro atoms. The van der Waals surface area contributed by atoms with Crippen molar-refractivity contribution >= 4 is 22.1 Å². The van der Waals surface area contributed by atoms with Crippen molar-refractivity contribution in [1.29, 1.82) is 0 Å². The Labute approximate surface area is 158 Å². The topological polar surface area (TPSA) is 3.24 Å². The van der Waals surface area contributed by atoms with E-state index in [0.29, 0.717) is 0 Å². The summed E-state index contributed by atoms with van der Waals surface area (Å²) in [6, 6.07) is 26.2. The van der Waals surface area contributed by atoms with E-state index in [2.05, 4.69) is 84.6 Å². The normalized spacial score (nSPS) is 11.0. The number of fused-ring (bicyclic) bond motifs is 1. The lowest BCUT2D eigenvalue weighted by atomic mass is 10.1. The second kappa shape index (κ2) is 10.0. The smallest absolute Gasteiger partial charge is 0.0417 e. The SMILES string of the molecule is CCCCCCCCCN(c1ccccc1)c1ccc2ccccc2c1. The Kier molecular flexibility index (Phi) is 7.13. The largest absolute Gasteiger partial charge is 0.341 e. The Hall–Kier alpha value is -2.28. The third-order valence-corrected chi connectivity index (χ3v) is 5.10. The van der Waals surface area contributed by atoms with Crippen LogP contribution in [0.25, 0.3) is 10.8 Å². The Morgan fingerprint density at radius 3 is 2.00 bits per heavy atom. The molecule has 0 unspecified atom stereocenters. The monoisotopic (exact) mass is 345 g/mol. The van der Waals surface area contributed by atoms with Crippen molar-refractivity contribution in [3.63, 3.8) is 0 Å². The molecule has 0 bridgehead atoms. The number of hydrogen-bond donors (Lipinski definition) is 0. The third-order valence-electron chi connectivity index (χ3n) is 5.10. The minimum Gasteiger partial charge on any atom is -0.341 e. The second-order valence-electron chi connectivity index (χ2n) is 7.14. The number of anilines is 2. The van der Waals surface area contributed by atoms with Gasteiger partial charge in [-0.1, -0.05) is 94.0 Å². The molecule has 0 aliphatic carbocycles. The number of benzene rings is 3. The Morgan fingerprint density at radius 2 is 1.23 bits per heavy atom. The van der Waals surface area contributed by atoms with Crippen LogP contribution < -0.4 is 4.90 Å². The fourth-order valence-corrected chi connectivity index (χ4v) is 3.59. The molecule has 1 heteroatoms. The van der Waals surface area contributed by atoms with Gasteiger partial charge in [-0.05, 0) is 41.5 Å². The summed E-state index contributed by atoms with van der Waals surface area (Å²) < 4.78 is 0. The molecule has 3 aromatic rings. The fraction of sp³-hybridized carbons (Fsp3) is 0.360. The van der Waals surface area contributed by atoms with E-state index < -0.39 is 0 Å². The van der Waals surface area contributed by atoms with E-state index in [1.165, 1.54) is 67.1 Å². The van der Waals surface area contributed by atoms with Crippen LogP contribution in [0.1, 0.15) is 51.9 Å². The van der Waals surface area contributed by atoms with Crippen molar-refractivity contribution in [1.82, 2.24) is 0 Å². The van der Waals surface area contributed by atoms with E-state index in [0.717, 1.165) is 6.54 Å². The van der Waals surface area contributed by atoms with Crippen LogP contribution in [-0.2, 0) is 0 Å². The molecule has 26 heavy (non-hydrogen) atoms. The molecule has 0 heterocycles. The summed E-state index contributed by atoms with van der Waals surface area (Å²) in [5.74, 6) is 0. The molecular weight excluding hydrogens is 314 g/mol. The maximum atomic E-state index is 2.47. The zero-order valence-corrected chi connectivity index (χ0v) is 16.0. The predicted molar refractivity (Wildman–Crippen MR) is 115 cm³/mol. The molecule has 0 radical (unpaired) electrons. The van der Waals surface area contributed by atoms with Crippen LogP contribution in [0, 0.1) is 0 Å². The minimum absolute atomic E-state index is 1.08. The van der Waals surface area contributed by atoms with Crippen molar-refractivity contribution in [2.24, 2.45) is 0 Å². The van der Waals surface area contributed by atoms with Crippen molar-refractivity contribution < 1.29 is 0 Å². The van der Waals surface area contributed by atoms with Gasteiger partial charge in [0.15, 0.2) is 0 Å². The molecule has 0 fully saturated rings. The van der Waals surface area contributed by atoms with E-state index in [1.54, 1.807) is 0 Å². The highest BCUT2D eigenvalue weighted by molar-refractivity contribution is 5.86. The van der Waals surface area contributed by atoms with Gasteiger partial charge in [0.05, 0.1) is 0 Å².